The van der Waals surface area contributed by atoms with Crippen molar-refractivity contribution in [2.24, 2.45) is 5.92 Å². The Kier molecular flexibility index (Phi) is 16.7. The van der Waals surface area contributed by atoms with Crippen LogP contribution in [0.3, 0.4) is 0 Å². The first kappa shape index (κ1) is 28.4. The van der Waals surface area contributed by atoms with Gasteiger partial charge in [-0.15, -0.1) is 0 Å². The van der Waals surface area contributed by atoms with Crippen LogP contribution in [-0.2, 0) is 23.7 Å². The number of hydrogen-bond donors (Lipinski definition) is 1. The van der Waals surface area contributed by atoms with Crippen LogP contribution in [0.15, 0.2) is 24.3 Å². The minimum absolute atomic E-state index is 0.259. The van der Waals surface area contributed by atoms with Gasteiger partial charge in [-0.1, -0.05) is 45.7 Å². The van der Waals surface area contributed by atoms with Crippen LogP contribution in [0.5, 0.6) is 5.75 Å². The van der Waals surface area contributed by atoms with Gasteiger partial charge >= 0.3 is 5.97 Å². The van der Waals surface area contributed by atoms with Crippen molar-refractivity contribution in [2.45, 2.75) is 52.4 Å². The molecule has 184 valence electrons. The highest BCUT2D eigenvalue weighted by molar-refractivity contribution is 5.67. The van der Waals surface area contributed by atoms with E-state index >= 15 is 0 Å². The number of carboxylic acids is 1. The first-order chi connectivity index (χ1) is 15.6. The molecule has 1 N–H and O–H groups in total. The normalized spacial score (nSPS) is 13.1. The third kappa shape index (κ3) is 14.4. The molecule has 0 aliphatic carbocycles. The van der Waals surface area contributed by atoms with Crippen molar-refractivity contribution in [1.29, 1.82) is 0 Å². The maximum Gasteiger partial charge on any atom is 0.329 e. The second-order valence-corrected chi connectivity index (χ2v) is 7.90. The smallest absolute Gasteiger partial charge is 0.329 e. The molecule has 0 fully saturated rings. The monoisotopic (exact) mass is 454 g/mol. The number of aliphatic carboxylic acids is 1. The Hall–Kier alpha value is -1.67. The molecule has 0 bridgehead atoms. The Morgan fingerprint density at radius 3 is 1.81 bits per heavy atom. The molecule has 2 unspecified atom stereocenters. The fraction of sp³-hybridized carbons (Fsp3) is 0.720. The molecule has 0 saturated carbocycles. The molecule has 0 aromatic heterocycles. The van der Waals surface area contributed by atoms with Gasteiger partial charge in [-0.3, -0.25) is 0 Å². The molecule has 1 aromatic carbocycles. The summed E-state index contributed by atoms with van der Waals surface area (Å²) in [5.74, 6) is 1.30. The predicted molar refractivity (Wildman–Crippen MR) is 125 cm³/mol. The SMILES string of the molecule is CCC(C)CCC(CC)c1ccc(OCCOCCOCCOCCOCC(=O)O)cc1. The average molecular weight is 455 g/mol. The van der Waals surface area contributed by atoms with E-state index in [-0.39, 0.29) is 13.2 Å². The van der Waals surface area contributed by atoms with Crippen molar-refractivity contribution in [1.82, 2.24) is 0 Å². The van der Waals surface area contributed by atoms with Gasteiger partial charge < -0.3 is 28.8 Å². The van der Waals surface area contributed by atoms with Crippen LogP contribution in [-0.4, -0.2) is 70.5 Å². The van der Waals surface area contributed by atoms with Crippen LogP contribution in [0.1, 0.15) is 57.9 Å². The predicted octanol–water partition coefficient (Wildman–Crippen LogP) is 4.54. The number of ether oxygens (including phenoxy) is 5. The number of carboxylic acid groups (broad SMARTS) is 1. The number of hydrogen-bond acceptors (Lipinski definition) is 6. The van der Waals surface area contributed by atoms with E-state index in [1.165, 1.54) is 31.2 Å². The van der Waals surface area contributed by atoms with Gasteiger partial charge in [-0.2, -0.15) is 0 Å². The number of carbonyl (C=O) groups is 1. The highest BCUT2D eigenvalue weighted by Gasteiger charge is 2.11. The molecule has 2 atom stereocenters. The van der Waals surface area contributed by atoms with Crippen molar-refractivity contribution in [3.05, 3.63) is 29.8 Å². The van der Waals surface area contributed by atoms with Gasteiger partial charge in [-0.05, 0) is 42.4 Å². The molecule has 32 heavy (non-hydrogen) atoms. The lowest BCUT2D eigenvalue weighted by Crippen LogP contribution is -2.15. The Balaban J connectivity index is 2.01. The van der Waals surface area contributed by atoms with E-state index in [1.54, 1.807) is 0 Å². The standard InChI is InChI=1S/C25H42O7/c1-4-21(3)6-7-22(5-2)23-8-10-24(11-9-23)32-19-18-30-15-14-28-12-13-29-16-17-31-20-25(26)27/h8-11,21-22H,4-7,12-20H2,1-3H3,(H,26,27). The molecule has 7 heteroatoms. The molecule has 0 radical (unpaired) electrons. The largest absolute Gasteiger partial charge is 0.491 e. The molecule has 0 saturated heterocycles. The van der Waals surface area contributed by atoms with Crippen LogP contribution in [0, 0.1) is 5.92 Å². The molecule has 1 rings (SSSR count). The number of rotatable bonds is 21. The Bertz CT molecular complexity index is 576. The van der Waals surface area contributed by atoms with Gasteiger partial charge in [0.25, 0.3) is 0 Å². The van der Waals surface area contributed by atoms with Gasteiger partial charge in [0.05, 0.1) is 46.2 Å². The summed E-state index contributed by atoms with van der Waals surface area (Å²) in [7, 11) is 0. The van der Waals surface area contributed by atoms with Crippen molar-refractivity contribution < 1.29 is 33.6 Å². The Morgan fingerprint density at radius 2 is 1.31 bits per heavy atom. The van der Waals surface area contributed by atoms with E-state index < -0.39 is 5.97 Å². The molecule has 0 aliphatic rings. The fourth-order valence-electron chi connectivity index (χ4n) is 3.17. The summed E-state index contributed by atoms with van der Waals surface area (Å²) in [6.45, 7) is 10.1. The number of benzene rings is 1. The van der Waals surface area contributed by atoms with Gasteiger partial charge in [-0.25, -0.2) is 4.79 Å². The first-order valence-electron chi connectivity index (χ1n) is 11.8. The van der Waals surface area contributed by atoms with Crippen LogP contribution in [0.2, 0.25) is 0 Å². The maximum absolute atomic E-state index is 10.3. The molecular weight excluding hydrogens is 412 g/mol. The topological polar surface area (TPSA) is 83.5 Å². The summed E-state index contributed by atoms with van der Waals surface area (Å²) < 4.78 is 26.8. The maximum atomic E-state index is 10.3. The zero-order valence-corrected chi connectivity index (χ0v) is 20.1. The molecule has 0 heterocycles. The van der Waals surface area contributed by atoms with E-state index in [0.717, 1.165) is 11.7 Å². The third-order valence-electron chi connectivity index (χ3n) is 5.39. The average Bonchev–Trinajstić information content (AvgIpc) is 2.80. The van der Waals surface area contributed by atoms with E-state index in [9.17, 15) is 4.79 Å². The second-order valence-electron chi connectivity index (χ2n) is 7.90. The molecule has 1 aromatic rings. The minimum Gasteiger partial charge on any atom is -0.491 e. The lowest BCUT2D eigenvalue weighted by Gasteiger charge is -2.18. The van der Waals surface area contributed by atoms with Gasteiger partial charge in [0.1, 0.15) is 19.0 Å². The van der Waals surface area contributed by atoms with E-state index in [0.29, 0.717) is 52.2 Å². The molecule has 0 amide bonds. The van der Waals surface area contributed by atoms with Crippen molar-refractivity contribution in [3.63, 3.8) is 0 Å². The van der Waals surface area contributed by atoms with Gasteiger partial charge in [0.2, 0.25) is 0 Å². The van der Waals surface area contributed by atoms with Crippen LogP contribution >= 0.6 is 0 Å². The quantitative estimate of drug-likeness (QED) is 0.273. The molecule has 0 spiro atoms. The van der Waals surface area contributed by atoms with Crippen LogP contribution in [0.25, 0.3) is 0 Å². The highest BCUT2D eigenvalue weighted by atomic mass is 16.6. The fourth-order valence-corrected chi connectivity index (χ4v) is 3.17. The van der Waals surface area contributed by atoms with E-state index in [2.05, 4.69) is 45.0 Å². The van der Waals surface area contributed by atoms with E-state index in [1.807, 2.05) is 0 Å². The lowest BCUT2D eigenvalue weighted by atomic mass is 9.88. The van der Waals surface area contributed by atoms with E-state index in [4.69, 9.17) is 28.8 Å². The molecule has 7 nitrogen and oxygen atoms in total. The zero-order chi connectivity index (χ0) is 23.4. The van der Waals surface area contributed by atoms with Gasteiger partial charge in [0.15, 0.2) is 0 Å². The molecule has 0 aliphatic heterocycles. The van der Waals surface area contributed by atoms with Crippen molar-refractivity contribution in [3.8, 4) is 5.75 Å². The second kappa shape index (κ2) is 18.9. The van der Waals surface area contributed by atoms with Crippen molar-refractivity contribution in [2.75, 3.05) is 59.5 Å². The third-order valence-corrected chi connectivity index (χ3v) is 5.39. The summed E-state index contributed by atoms with van der Waals surface area (Å²) in [6.07, 6.45) is 4.94. The summed E-state index contributed by atoms with van der Waals surface area (Å²) in [6, 6.07) is 8.48. The summed E-state index contributed by atoms with van der Waals surface area (Å²) in [4.78, 5) is 10.3. The molecular formula is C25H42O7. The lowest BCUT2D eigenvalue weighted by molar-refractivity contribution is -0.142. The van der Waals surface area contributed by atoms with Crippen LogP contribution in [0.4, 0.5) is 0 Å². The highest BCUT2D eigenvalue weighted by Crippen LogP contribution is 2.28. The summed E-state index contributed by atoms with van der Waals surface area (Å²) in [5.41, 5.74) is 1.40. The van der Waals surface area contributed by atoms with Crippen molar-refractivity contribution >= 4 is 5.97 Å². The Labute approximate surface area is 193 Å². The first-order valence-corrected chi connectivity index (χ1v) is 11.8. The van der Waals surface area contributed by atoms with Gasteiger partial charge in [0, 0.05) is 0 Å². The summed E-state index contributed by atoms with van der Waals surface area (Å²) >= 11 is 0. The van der Waals surface area contributed by atoms with Crippen LogP contribution < -0.4 is 4.74 Å². The minimum atomic E-state index is -0.982. The zero-order valence-electron chi connectivity index (χ0n) is 20.1. The Morgan fingerprint density at radius 1 is 0.781 bits per heavy atom. The summed E-state index contributed by atoms with van der Waals surface area (Å²) in [5, 5.41) is 8.42.